The van der Waals surface area contributed by atoms with Crippen molar-refractivity contribution in [2.45, 2.75) is 0 Å². The molecule has 1 heterocycles. The molecule has 3 aromatic rings. The van der Waals surface area contributed by atoms with Gasteiger partial charge < -0.3 is 10.4 Å². The van der Waals surface area contributed by atoms with Crippen molar-refractivity contribution < 1.29 is 14.7 Å². The summed E-state index contributed by atoms with van der Waals surface area (Å²) >= 11 is 1.36. The summed E-state index contributed by atoms with van der Waals surface area (Å²) in [4.78, 5) is 27.7. The van der Waals surface area contributed by atoms with E-state index in [0.717, 1.165) is 10.6 Å². The lowest BCUT2D eigenvalue weighted by atomic mass is 10.2. The number of anilines is 1. The predicted octanol–water partition coefficient (Wildman–Crippen LogP) is 3.76. The average molecular weight is 324 g/mol. The lowest BCUT2D eigenvalue weighted by molar-refractivity contribution is 0.0698. The van der Waals surface area contributed by atoms with Crippen molar-refractivity contribution in [3.8, 4) is 10.6 Å². The summed E-state index contributed by atoms with van der Waals surface area (Å²) in [6, 6.07) is 15.8. The molecule has 1 aromatic heterocycles. The van der Waals surface area contributed by atoms with Gasteiger partial charge in [-0.3, -0.25) is 4.79 Å². The molecular weight excluding hydrogens is 312 g/mol. The van der Waals surface area contributed by atoms with E-state index in [1.54, 1.807) is 23.6 Å². The van der Waals surface area contributed by atoms with Gasteiger partial charge in [0, 0.05) is 10.9 Å². The summed E-state index contributed by atoms with van der Waals surface area (Å²) in [5.74, 6) is -1.53. The molecule has 5 nitrogen and oxygen atoms in total. The fraction of sp³-hybridized carbons (Fsp3) is 0. The topological polar surface area (TPSA) is 79.3 Å². The lowest BCUT2D eigenvalue weighted by Crippen LogP contribution is -2.15. The Morgan fingerprint density at radius 3 is 2.43 bits per heavy atom. The van der Waals surface area contributed by atoms with E-state index in [4.69, 9.17) is 5.11 Å². The van der Waals surface area contributed by atoms with Crippen LogP contribution in [0.5, 0.6) is 0 Å². The number of carboxylic acid groups (broad SMARTS) is 1. The first kappa shape index (κ1) is 14.9. The van der Waals surface area contributed by atoms with Crippen molar-refractivity contribution in [3.63, 3.8) is 0 Å². The summed E-state index contributed by atoms with van der Waals surface area (Å²) in [7, 11) is 0. The molecule has 0 atom stereocenters. The second-order valence-corrected chi connectivity index (χ2v) is 5.57. The molecule has 0 aliphatic rings. The first-order valence-electron chi connectivity index (χ1n) is 6.80. The number of nitrogens with one attached hydrogen (secondary N) is 1. The SMILES string of the molecule is O=C(Nc1ccccc1C(=O)O)c1csc(-c2ccccc2)n1. The molecule has 2 N–H and O–H groups in total. The molecule has 6 heteroatoms. The van der Waals surface area contributed by atoms with Gasteiger partial charge in [0.1, 0.15) is 10.7 Å². The number of amides is 1. The van der Waals surface area contributed by atoms with E-state index < -0.39 is 11.9 Å². The first-order chi connectivity index (χ1) is 11.1. The van der Waals surface area contributed by atoms with E-state index >= 15 is 0 Å². The number of carbonyl (C=O) groups excluding carboxylic acids is 1. The summed E-state index contributed by atoms with van der Waals surface area (Å²) in [6.07, 6.45) is 0. The number of thiazole rings is 1. The normalized spacial score (nSPS) is 10.3. The highest BCUT2D eigenvalue weighted by Gasteiger charge is 2.15. The molecular formula is C17H12N2O3S. The Bertz CT molecular complexity index is 859. The summed E-state index contributed by atoms with van der Waals surface area (Å²) in [5, 5.41) is 14.1. The zero-order valence-corrected chi connectivity index (χ0v) is 12.7. The van der Waals surface area contributed by atoms with E-state index in [2.05, 4.69) is 10.3 Å². The molecule has 0 unspecified atom stereocenters. The van der Waals surface area contributed by atoms with E-state index in [9.17, 15) is 9.59 Å². The van der Waals surface area contributed by atoms with Crippen molar-refractivity contribution >= 4 is 28.9 Å². The Kier molecular flexibility index (Phi) is 4.16. The van der Waals surface area contributed by atoms with Crippen LogP contribution in [-0.4, -0.2) is 22.0 Å². The summed E-state index contributed by atoms with van der Waals surface area (Å²) in [5.41, 5.74) is 1.48. The van der Waals surface area contributed by atoms with Crippen LogP contribution in [0.25, 0.3) is 10.6 Å². The van der Waals surface area contributed by atoms with Crippen LogP contribution in [0.15, 0.2) is 60.0 Å². The van der Waals surface area contributed by atoms with Gasteiger partial charge in [0.25, 0.3) is 5.91 Å². The molecule has 0 saturated heterocycles. The van der Waals surface area contributed by atoms with Crippen LogP contribution in [0.1, 0.15) is 20.8 Å². The third-order valence-corrected chi connectivity index (χ3v) is 4.05. The van der Waals surface area contributed by atoms with E-state index in [1.807, 2.05) is 30.3 Å². The minimum atomic E-state index is -1.09. The van der Waals surface area contributed by atoms with Gasteiger partial charge in [-0.1, -0.05) is 42.5 Å². The zero-order chi connectivity index (χ0) is 16.2. The summed E-state index contributed by atoms with van der Waals surface area (Å²) in [6.45, 7) is 0. The lowest BCUT2D eigenvalue weighted by Gasteiger charge is -2.06. The molecule has 2 aromatic carbocycles. The van der Waals surface area contributed by atoms with Crippen LogP contribution in [0.3, 0.4) is 0 Å². The number of aromatic carboxylic acids is 1. The molecule has 1 amide bonds. The maximum absolute atomic E-state index is 12.3. The Balaban J connectivity index is 1.83. The number of benzene rings is 2. The predicted molar refractivity (Wildman–Crippen MR) is 88.9 cm³/mol. The number of rotatable bonds is 4. The highest BCUT2D eigenvalue weighted by molar-refractivity contribution is 7.13. The number of hydrogen-bond donors (Lipinski definition) is 2. The van der Waals surface area contributed by atoms with Crippen LogP contribution in [0.4, 0.5) is 5.69 Å². The second kappa shape index (κ2) is 6.41. The van der Waals surface area contributed by atoms with E-state index in [1.165, 1.54) is 17.4 Å². The standard InChI is InChI=1S/C17H12N2O3S/c20-15(18-13-9-5-4-8-12(13)17(21)22)14-10-23-16(19-14)11-6-2-1-3-7-11/h1-10H,(H,18,20)(H,21,22). The van der Waals surface area contributed by atoms with Gasteiger partial charge in [0.05, 0.1) is 11.3 Å². The van der Waals surface area contributed by atoms with Crippen LogP contribution in [0, 0.1) is 0 Å². The van der Waals surface area contributed by atoms with Gasteiger partial charge in [0.15, 0.2) is 0 Å². The molecule has 114 valence electrons. The molecule has 0 radical (unpaired) electrons. The number of carbonyl (C=O) groups is 2. The maximum Gasteiger partial charge on any atom is 0.337 e. The third-order valence-electron chi connectivity index (χ3n) is 3.16. The molecule has 3 rings (SSSR count). The van der Waals surface area contributed by atoms with Crippen LogP contribution < -0.4 is 5.32 Å². The van der Waals surface area contributed by atoms with Gasteiger partial charge in [-0.15, -0.1) is 11.3 Å². The number of nitrogens with zero attached hydrogens (tertiary/aromatic N) is 1. The van der Waals surface area contributed by atoms with Crippen LogP contribution >= 0.6 is 11.3 Å². The summed E-state index contributed by atoms with van der Waals surface area (Å²) < 4.78 is 0. The minimum absolute atomic E-state index is 0.0411. The fourth-order valence-corrected chi connectivity index (χ4v) is 2.86. The number of carboxylic acids is 1. The van der Waals surface area contributed by atoms with Crippen molar-refractivity contribution in [1.82, 2.24) is 4.98 Å². The fourth-order valence-electron chi connectivity index (χ4n) is 2.06. The van der Waals surface area contributed by atoms with Gasteiger partial charge in [-0.05, 0) is 12.1 Å². The highest BCUT2D eigenvalue weighted by atomic mass is 32.1. The molecule has 0 aliphatic heterocycles. The van der Waals surface area contributed by atoms with Crippen LogP contribution in [0.2, 0.25) is 0 Å². The van der Waals surface area contributed by atoms with Gasteiger partial charge in [0.2, 0.25) is 0 Å². The zero-order valence-electron chi connectivity index (χ0n) is 11.9. The third kappa shape index (κ3) is 3.27. The highest BCUT2D eigenvalue weighted by Crippen LogP contribution is 2.24. The molecule has 0 saturated carbocycles. The molecule has 0 bridgehead atoms. The number of aromatic nitrogens is 1. The molecule has 0 spiro atoms. The Hall–Kier alpha value is -2.99. The Morgan fingerprint density at radius 2 is 1.70 bits per heavy atom. The molecule has 0 fully saturated rings. The van der Waals surface area contributed by atoms with E-state index in [0.29, 0.717) is 0 Å². The average Bonchev–Trinajstić information content (AvgIpc) is 3.06. The Labute approximate surface area is 136 Å². The van der Waals surface area contributed by atoms with Crippen molar-refractivity contribution in [1.29, 1.82) is 0 Å². The quantitative estimate of drug-likeness (QED) is 0.766. The maximum atomic E-state index is 12.3. The number of para-hydroxylation sites is 1. The second-order valence-electron chi connectivity index (χ2n) is 4.71. The van der Waals surface area contributed by atoms with Gasteiger partial charge >= 0.3 is 5.97 Å². The van der Waals surface area contributed by atoms with Gasteiger partial charge in [-0.25, -0.2) is 9.78 Å². The van der Waals surface area contributed by atoms with Crippen molar-refractivity contribution in [2.75, 3.05) is 5.32 Å². The van der Waals surface area contributed by atoms with E-state index in [-0.39, 0.29) is 16.9 Å². The van der Waals surface area contributed by atoms with Crippen molar-refractivity contribution in [3.05, 3.63) is 71.2 Å². The minimum Gasteiger partial charge on any atom is -0.478 e. The smallest absolute Gasteiger partial charge is 0.337 e. The Morgan fingerprint density at radius 1 is 1.00 bits per heavy atom. The monoisotopic (exact) mass is 324 g/mol. The largest absolute Gasteiger partial charge is 0.478 e. The molecule has 0 aliphatic carbocycles. The van der Waals surface area contributed by atoms with Crippen LogP contribution in [-0.2, 0) is 0 Å². The first-order valence-corrected chi connectivity index (χ1v) is 7.68. The number of hydrogen-bond acceptors (Lipinski definition) is 4. The van der Waals surface area contributed by atoms with Crippen molar-refractivity contribution in [2.24, 2.45) is 0 Å². The van der Waals surface area contributed by atoms with Gasteiger partial charge in [-0.2, -0.15) is 0 Å². The molecule has 23 heavy (non-hydrogen) atoms.